The standard InChI is InChI=1S/C21H17N5O/c1-26-17-9-5-4-8-16(17)21(19(26)27)15-7-3-2-6-13(15)14(10-22)18(25)20(21,11-23)12-24/h4-6,8-9,14-15,25H,2-3,7H2,1H3/t14-,15-,21+/m0/s1. The number of nitrogens with one attached hydrogen (secondary N) is 1. The number of amides is 1. The fourth-order valence-corrected chi connectivity index (χ4v) is 5.29. The fraction of sp³-hybridized carbons (Fsp3) is 0.381. The summed E-state index contributed by atoms with van der Waals surface area (Å²) in [7, 11) is 1.64. The zero-order valence-electron chi connectivity index (χ0n) is 14.9. The Morgan fingerprint density at radius 3 is 2.59 bits per heavy atom. The average Bonchev–Trinajstić information content (AvgIpc) is 2.93. The van der Waals surface area contributed by atoms with E-state index in [1.807, 2.05) is 24.3 Å². The number of allylic oxidation sites excluding steroid dienone is 2. The summed E-state index contributed by atoms with van der Waals surface area (Å²) in [4.78, 5) is 15.2. The monoisotopic (exact) mass is 355 g/mol. The van der Waals surface area contributed by atoms with Crippen LogP contribution in [0.1, 0.15) is 24.8 Å². The second kappa shape index (κ2) is 5.53. The van der Waals surface area contributed by atoms with Gasteiger partial charge in [-0.3, -0.25) is 4.79 Å². The van der Waals surface area contributed by atoms with Gasteiger partial charge >= 0.3 is 0 Å². The van der Waals surface area contributed by atoms with Crippen molar-refractivity contribution in [2.45, 2.75) is 24.7 Å². The maximum atomic E-state index is 13.7. The van der Waals surface area contributed by atoms with Gasteiger partial charge in [0.2, 0.25) is 11.3 Å². The molecular formula is C21H17N5O. The van der Waals surface area contributed by atoms with Crippen molar-refractivity contribution < 1.29 is 4.79 Å². The predicted octanol–water partition coefficient (Wildman–Crippen LogP) is 2.83. The van der Waals surface area contributed by atoms with Gasteiger partial charge in [-0.05, 0) is 36.5 Å². The molecule has 1 aliphatic heterocycles. The first kappa shape index (κ1) is 17.0. The van der Waals surface area contributed by atoms with E-state index in [9.17, 15) is 20.6 Å². The van der Waals surface area contributed by atoms with Gasteiger partial charge in [0.05, 0.1) is 23.9 Å². The van der Waals surface area contributed by atoms with Crippen molar-refractivity contribution in [2.75, 3.05) is 11.9 Å². The maximum Gasteiger partial charge on any atom is 0.241 e. The summed E-state index contributed by atoms with van der Waals surface area (Å²) in [5.41, 5.74) is -1.79. The minimum absolute atomic E-state index is 0.280. The number of likely N-dealkylation sites (N-methyl/N-ethyl adjacent to an activating group) is 1. The number of benzene rings is 1. The molecule has 0 radical (unpaired) electrons. The number of fused-ring (bicyclic) bond motifs is 4. The highest BCUT2D eigenvalue weighted by atomic mass is 16.2. The van der Waals surface area contributed by atoms with Crippen molar-refractivity contribution in [2.24, 2.45) is 17.3 Å². The van der Waals surface area contributed by atoms with Crippen LogP contribution in [0.25, 0.3) is 0 Å². The van der Waals surface area contributed by atoms with Crippen LogP contribution < -0.4 is 4.90 Å². The molecule has 132 valence electrons. The Morgan fingerprint density at radius 1 is 1.22 bits per heavy atom. The molecule has 1 spiro atoms. The van der Waals surface area contributed by atoms with Gasteiger partial charge in [-0.2, -0.15) is 15.8 Å². The summed E-state index contributed by atoms with van der Waals surface area (Å²) in [5, 5.41) is 38.7. The Hall–Kier alpha value is -3.43. The molecule has 6 heteroatoms. The lowest BCUT2D eigenvalue weighted by molar-refractivity contribution is -0.126. The van der Waals surface area contributed by atoms with Crippen LogP contribution in [0.15, 0.2) is 35.9 Å². The Bertz CT molecular complexity index is 1020. The highest BCUT2D eigenvalue weighted by molar-refractivity contribution is 6.16. The summed E-state index contributed by atoms with van der Waals surface area (Å²) < 4.78 is 0. The predicted molar refractivity (Wildman–Crippen MR) is 97.4 cm³/mol. The number of hydrogen-bond acceptors (Lipinski definition) is 5. The molecule has 1 saturated carbocycles. The normalized spacial score (nSPS) is 30.6. The molecule has 27 heavy (non-hydrogen) atoms. The molecule has 1 heterocycles. The molecule has 1 N–H and O–H groups in total. The van der Waals surface area contributed by atoms with Crippen molar-refractivity contribution >= 4 is 17.3 Å². The number of nitrogens with zero attached hydrogens (tertiary/aromatic N) is 4. The molecule has 0 saturated heterocycles. The molecule has 6 nitrogen and oxygen atoms in total. The van der Waals surface area contributed by atoms with E-state index in [2.05, 4.69) is 6.07 Å². The van der Waals surface area contributed by atoms with E-state index >= 15 is 0 Å². The topological polar surface area (TPSA) is 116 Å². The highest BCUT2D eigenvalue weighted by Gasteiger charge is 2.73. The first-order chi connectivity index (χ1) is 13.0. The summed E-state index contributed by atoms with van der Waals surface area (Å²) in [5.74, 6) is -1.72. The van der Waals surface area contributed by atoms with Crippen LogP contribution in [-0.2, 0) is 10.2 Å². The molecule has 0 bridgehead atoms. The van der Waals surface area contributed by atoms with Crippen LogP contribution in [0.3, 0.4) is 0 Å². The fourth-order valence-electron chi connectivity index (χ4n) is 5.29. The van der Waals surface area contributed by atoms with Crippen molar-refractivity contribution in [3.8, 4) is 18.2 Å². The molecule has 0 unspecified atom stereocenters. The molecule has 1 aromatic carbocycles. The molecule has 4 rings (SSSR count). The van der Waals surface area contributed by atoms with E-state index in [4.69, 9.17) is 5.41 Å². The number of para-hydroxylation sites is 1. The van der Waals surface area contributed by atoms with Crippen LogP contribution in [-0.4, -0.2) is 18.7 Å². The van der Waals surface area contributed by atoms with Gasteiger partial charge in [0.1, 0.15) is 11.3 Å². The van der Waals surface area contributed by atoms with Crippen molar-refractivity contribution in [1.29, 1.82) is 21.2 Å². The Labute approximate surface area is 157 Å². The smallest absolute Gasteiger partial charge is 0.241 e. The molecule has 0 aromatic heterocycles. The molecule has 2 aliphatic carbocycles. The van der Waals surface area contributed by atoms with Crippen LogP contribution in [0.4, 0.5) is 5.69 Å². The summed E-state index contributed by atoms with van der Waals surface area (Å²) in [6.07, 6.45) is 4.13. The van der Waals surface area contributed by atoms with Gasteiger partial charge in [-0.15, -0.1) is 0 Å². The lowest BCUT2D eigenvalue weighted by atomic mass is 9.45. The number of nitriles is 3. The number of rotatable bonds is 0. The lowest BCUT2D eigenvalue weighted by Crippen LogP contribution is -2.64. The second-order valence-electron chi connectivity index (χ2n) is 7.33. The molecule has 1 amide bonds. The second-order valence-corrected chi connectivity index (χ2v) is 7.33. The quantitative estimate of drug-likeness (QED) is 0.720. The van der Waals surface area contributed by atoms with E-state index in [-0.39, 0.29) is 11.6 Å². The zero-order chi connectivity index (χ0) is 19.4. The van der Waals surface area contributed by atoms with Gasteiger partial charge < -0.3 is 10.3 Å². The first-order valence-electron chi connectivity index (χ1n) is 8.90. The van der Waals surface area contributed by atoms with E-state index in [0.717, 1.165) is 12.8 Å². The van der Waals surface area contributed by atoms with E-state index < -0.39 is 22.7 Å². The SMILES string of the molecule is CN1C(=O)[C@]2(c3ccccc31)[C@H]1CCCC=C1[C@H](C#N)C(=N)C2(C#N)C#N. The van der Waals surface area contributed by atoms with Crippen molar-refractivity contribution in [1.82, 2.24) is 0 Å². The summed E-state index contributed by atoms with van der Waals surface area (Å²) in [6.45, 7) is 0. The number of carbonyl (C=O) groups is 1. The van der Waals surface area contributed by atoms with Gasteiger partial charge in [0.15, 0.2) is 0 Å². The van der Waals surface area contributed by atoms with Crippen LogP contribution >= 0.6 is 0 Å². The first-order valence-corrected chi connectivity index (χ1v) is 8.90. The minimum atomic E-state index is -2.01. The number of anilines is 1. The van der Waals surface area contributed by atoms with E-state index in [1.54, 1.807) is 25.2 Å². The Balaban J connectivity index is 2.17. The summed E-state index contributed by atoms with van der Waals surface area (Å²) >= 11 is 0. The van der Waals surface area contributed by atoms with Crippen LogP contribution in [0.2, 0.25) is 0 Å². The summed E-state index contributed by atoms with van der Waals surface area (Å²) in [6, 6.07) is 13.4. The third-order valence-electron chi connectivity index (χ3n) is 6.42. The average molecular weight is 355 g/mol. The van der Waals surface area contributed by atoms with E-state index in [0.29, 0.717) is 23.2 Å². The number of hydrogen-bond donors (Lipinski definition) is 1. The Kier molecular flexibility index (Phi) is 3.48. The molecule has 1 fully saturated rings. The maximum absolute atomic E-state index is 13.7. The third kappa shape index (κ3) is 1.67. The highest BCUT2D eigenvalue weighted by Crippen LogP contribution is 2.63. The lowest BCUT2D eigenvalue weighted by Gasteiger charge is -2.51. The third-order valence-corrected chi connectivity index (χ3v) is 6.42. The van der Waals surface area contributed by atoms with Gasteiger partial charge in [-0.25, -0.2) is 0 Å². The van der Waals surface area contributed by atoms with Gasteiger partial charge in [0.25, 0.3) is 0 Å². The molecule has 3 aliphatic rings. The largest absolute Gasteiger partial charge is 0.314 e. The van der Waals surface area contributed by atoms with Crippen molar-refractivity contribution in [3.63, 3.8) is 0 Å². The van der Waals surface area contributed by atoms with Crippen molar-refractivity contribution in [3.05, 3.63) is 41.5 Å². The molecule has 1 aromatic rings. The van der Waals surface area contributed by atoms with Gasteiger partial charge in [-0.1, -0.05) is 24.3 Å². The number of carbonyl (C=O) groups excluding carboxylic acids is 1. The van der Waals surface area contributed by atoms with Crippen LogP contribution in [0, 0.1) is 56.7 Å². The van der Waals surface area contributed by atoms with Crippen LogP contribution in [0.5, 0.6) is 0 Å². The molecular weight excluding hydrogens is 338 g/mol. The van der Waals surface area contributed by atoms with Gasteiger partial charge in [0, 0.05) is 18.7 Å². The minimum Gasteiger partial charge on any atom is -0.314 e. The zero-order valence-corrected chi connectivity index (χ0v) is 14.9. The molecule has 3 atom stereocenters. The Morgan fingerprint density at radius 2 is 1.93 bits per heavy atom. The van der Waals surface area contributed by atoms with E-state index in [1.165, 1.54) is 4.90 Å².